The first-order chi connectivity index (χ1) is 30.8. The van der Waals surface area contributed by atoms with Gasteiger partial charge in [0.05, 0.1) is 44.4 Å². The first-order valence-electron chi connectivity index (χ1n) is 20.6. The Kier molecular flexibility index (Phi) is 12.7. The quantitative estimate of drug-likeness (QED) is 0.0500. The highest BCUT2D eigenvalue weighted by atomic mass is 127. The zero-order valence-corrected chi connectivity index (χ0v) is 39.6. The summed E-state index contributed by atoms with van der Waals surface area (Å²) in [4.78, 5) is 19.1. The minimum atomic E-state index is -4.07. The maximum atomic E-state index is 15.6. The van der Waals surface area contributed by atoms with Crippen molar-refractivity contribution in [2.45, 2.75) is 107 Å². The van der Waals surface area contributed by atoms with E-state index in [2.05, 4.69) is 20.2 Å². The molecule has 0 unspecified atom stereocenters. The second-order valence-corrected chi connectivity index (χ2v) is 23.5. The summed E-state index contributed by atoms with van der Waals surface area (Å²) in [7, 11) is -7.72. The highest BCUT2D eigenvalue weighted by molar-refractivity contribution is 14.1. The Morgan fingerprint density at radius 2 is 1.68 bits per heavy atom. The maximum absolute atomic E-state index is 15.6. The monoisotopic (exact) mass is 1100 g/mol. The molecule has 2 saturated carbocycles. The van der Waals surface area contributed by atoms with Crippen LogP contribution in [0.1, 0.15) is 92.3 Å². The summed E-state index contributed by atoms with van der Waals surface area (Å²) in [5.74, 6) is -9.59. The van der Waals surface area contributed by atoms with Gasteiger partial charge in [-0.3, -0.25) is 18.9 Å². The molecule has 3 aliphatic rings. The molecule has 354 valence electrons. The maximum Gasteiger partial charge on any atom is 0.293 e. The number of hydrogen-bond donors (Lipinski definition) is 2. The van der Waals surface area contributed by atoms with Gasteiger partial charge in [-0.05, 0) is 105 Å². The van der Waals surface area contributed by atoms with E-state index in [9.17, 15) is 48.0 Å². The van der Waals surface area contributed by atoms with Crippen LogP contribution in [0.15, 0.2) is 36.4 Å². The molecule has 12 nitrogen and oxygen atoms in total. The molecule has 3 aromatic heterocycles. The number of pyridine rings is 1. The van der Waals surface area contributed by atoms with Crippen LogP contribution in [-0.2, 0) is 56.5 Å². The number of nitrogens with zero attached hydrogens (tertiary/aromatic N) is 5. The van der Waals surface area contributed by atoms with Crippen molar-refractivity contribution in [2.75, 3.05) is 10.5 Å². The molecule has 3 aliphatic carbocycles. The smallest absolute Gasteiger partial charge is 0.293 e. The van der Waals surface area contributed by atoms with E-state index >= 15 is 8.78 Å². The molecule has 3 heterocycles. The molecule has 2 fully saturated rings. The van der Waals surface area contributed by atoms with Crippen LogP contribution in [0.2, 0.25) is 5.02 Å². The molecule has 0 bridgehead atoms. The minimum absolute atomic E-state index is 0.0330. The van der Waals surface area contributed by atoms with Gasteiger partial charge in [-0.1, -0.05) is 17.7 Å². The molecule has 0 radical (unpaired) electrons. The van der Waals surface area contributed by atoms with Crippen LogP contribution in [-0.4, -0.2) is 69.5 Å². The van der Waals surface area contributed by atoms with Crippen molar-refractivity contribution in [3.63, 3.8) is 0 Å². The molecule has 5 aromatic rings. The van der Waals surface area contributed by atoms with Crippen LogP contribution in [0, 0.1) is 27.5 Å². The molecular formula is C42H40ClF8IN7O5S2+. The standard InChI is InChI=1S/C42H39ClF8IN7O5S2/c1-4-65(61,62)57-40-34-27(43)8-7-23(37(34)58(56-40)17-31(46)47)24-16-28(52)29(9-10-41(2,3)66(63,64)22-5-6-22)54-35(24)30(13-19-11-20(44)14-21(45)12-19)53-32(60)18-59-38-33(36(55-59)39(48)49)25-15-26(25)42(38,50)51/h7-8,10-12,14,16,22,25-26,30-31,39H,4-6,9,13,15,17-18H2,1-3H3,(H-,53,56,57,60)/p+1/t25-,26+,30-/m0/s1. The van der Waals surface area contributed by atoms with Crippen molar-refractivity contribution < 1.29 is 56.8 Å². The number of hydrogen-bond acceptors (Lipinski definition) is 8. The number of fused-ring (bicyclic) bond motifs is 4. The molecule has 0 spiro atoms. The lowest BCUT2D eigenvalue weighted by molar-refractivity contribution is -0.123. The first kappa shape index (κ1) is 48.2. The Bertz CT molecular complexity index is 2980. The zero-order valence-electron chi connectivity index (χ0n) is 35.0. The molecule has 3 atom stereocenters. The second-order valence-electron chi connectivity index (χ2n) is 17.1. The summed E-state index contributed by atoms with van der Waals surface area (Å²) in [6.45, 7) is 2.31. The van der Waals surface area contributed by atoms with Gasteiger partial charge in [-0.25, -0.2) is 48.2 Å². The number of nitrogens with one attached hydrogen (secondary N) is 2. The Hall–Kier alpha value is -4.23. The van der Waals surface area contributed by atoms with Gasteiger partial charge < -0.3 is 5.32 Å². The Morgan fingerprint density at radius 1 is 1.00 bits per heavy atom. The number of carbonyl (C=O) groups is 1. The number of alkyl halides is 6. The van der Waals surface area contributed by atoms with E-state index < -0.39 is 127 Å². The second kappa shape index (κ2) is 17.4. The van der Waals surface area contributed by atoms with Crippen molar-refractivity contribution in [2.24, 2.45) is 5.92 Å². The third kappa shape index (κ3) is 9.08. The summed E-state index contributed by atoms with van der Waals surface area (Å²) in [5.41, 5.74) is -1.98. The van der Waals surface area contributed by atoms with Crippen LogP contribution < -0.4 is 10.0 Å². The topological polar surface area (TPSA) is 158 Å². The highest BCUT2D eigenvalue weighted by Crippen LogP contribution is 2.68. The molecule has 24 heteroatoms. The third-order valence-corrected chi connectivity index (χ3v) is 17.6. The van der Waals surface area contributed by atoms with Gasteiger partial charge in [0.1, 0.15) is 49.0 Å². The summed E-state index contributed by atoms with van der Waals surface area (Å²) < 4.78 is 173. The molecule has 0 saturated heterocycles. The van der Waals surface area contributed by atoms with E-state index in [0.29, 0.717) is 27.2 Å². The predicted molar refractivity (Wildman–Crippen MR) is 237 cm³/mol. The number of benzene rings is 2. The minimum Gasteiger partial charge on any atom is -0.346 e. The van der Waals surface area contributed by atoms with Crippen molar-refractivity contribution in [3.8, 4) is 11.1 Å². The summed E-state index contributed by atoms with van der Waals surface area (Å²) in [5, 5.41) is 9.83. The molecule has 2 aromatic carbocycles. The van der Waals surface area contributed by atoms with Crippen molar-refractivity contribution in [1.29, 1.82) is 0 Å². The predicted octanol–water partition coefficient (Wildman–Crippen LogP) is 9.21. The van der Waals surface area contributed by atoms with Crippen LogP contribution in [0.4, 0.5) is 40.9 Å². The molecule has 1 amide bonds. The van der Waals surface area contributed by atoms with Crippen LogP contribution in [0.25, 0.3) is 22.0 Å². The average Bonchev–Trinajstić information content (AvgIpc) is 4.14. The Labute approximate surface area is 392 Å². The summed E-state index contributed by atoms with van der Waals surface area (Å²) >= 11 is 8.56. The number of sulfonamides is 1. The fourth-order valence-corrected chi connectivity index (χ4v) is 12.0. The lowest BCUT2D eigenvalue weighted by Gasteiger charge is -2.24. The van der Waals surface area contributed by atoms with E-state index in [4.69, 9.17) is 16.6 Å². The van der Waals surface area contributed by atoms with Gasteiger partial charge in [-0.2, -0.15) is 19.0 Å². The number of rotatable bonds is 18. The highest BCUT2D eigenvalue weighted by Gasteiger charge is 2.67. The number of halogens is 10. The van der Waals surface area contributed by atoms with Crippen LogP contribution in [0.5, 0.6) is 0 Å². The molecule has 2 N–H and O–H groups in total. The number of aromatic nitrogens is 5. The van der Waals surface area contributed by atoms with E-state index in [1.807, 2.05) is 22.6 Å². The SMILES string of the molecule is CCS(=O)(=O)Nc1nn(CC(F)F)c2c(-c3cc(I)c(C[CH+]C(C)(C)S(=O)(=O)C4CC4)nc3[C@H](Cc3cc(F)cc(F)c3)NC(=O)Cn3nc(C(F)F)c4c3C(F)(F)[C@@H]3C[C@H]43)ccc(Cl)c12. The van der Waals surface area contributed by atoms with Crippen molar-refractivity contribution >= 4 is 76.7 Å². The van der Waals surface area contributed by atoms with Gasteiger partial charge in [-0.15, -0.1) is 0 Å². The Balaban J connectivity index is 1.31. The number of sulfone groups is 1. The van der Waals surface area contributed by atoms with Crippen molar-refractivity contribution in [1.82, 2.24) is 29.9 Å². The first-order valence-corrected chi connectivity index (χ1v) is 25.3. The van der Waals surface area contributed by atoms with E-state index in [-0.39, 0.29) is 62.4 Å². The van der Waals surface area contributed by atoms with E-state index in [0.717, 1.165) is 16.8 Å². The van der Waals surface area contributed by atoms with Crippen LogP contribution >= 0.6 is 34.2 Å². The van der Waals surface area contributed by atoms with Gasteiger partial charge in [0.25, 0.3) is 18.8 Å². The van der Waals surface area contributed by atoms with E-state index in [1.54, 1.807) is 0 Å². The van der Waals surface area contributed by atoms with Crippen molar-refractivity contribution in [3.05, 3.63) is 96.9 Å². The number of amides is 1. The third-order valence-electron chi connectivity index (χ3n) is 12.1. The van der Waals surface area contributed by atoms with Crippen LogP contribution in [0.3, 0.4) is 0 Å². The zero-order chi connectivity index (χ0) is 48.0. The lowest BCUT2D eigenvalue weighted by atomic mass is 9.93. The van der Waals surface area contributed by atoms with E-state index in [1.165, 1.54) is 45.4 Å². The van der Waals surface area contributed by atoms with Gasteiger partial charge in [0.2, 0.25) is 20.7 Å². The molecule has 0 aliphatic heterocycles. The lowest BCUT2D eigenvalue weighted by Crippen LogP contribution is -2.36. The summed E-state index contributed by atoms with van der Waals surface area (Å²) in [6, 6.07) is 5.28. The molecular weight excluding hydrogens is 1060 g/mol. The fraction of sp³-hybridized carbons (Fsp3) is 0.452. The summed E-state index contributed by atoms with van der Waals surface area (Å²) in [6.07, 6.45) is -4.34. The molecule has 8 rings (SSSR count). The van der Waals surface area contributed by atoms with Gasteiger partial charge in [0, 0.05) is 32.2 Å². The molecule has 66 heavy (non-hydrogen) atoms. The largest absolute Gasteiger partial charge is 0.346 e. The normalized spacial score (nSPS) is 18.5. The van der Waals surface area contributed by atoms with Gasteiger partial charge >= 0.3 is 0 Å². The number of anilines is 1. The fourth-order valence-electron chi connectivity index (χ4n) is 8.62. The average molecular weight is 1100 g/mol. The Morgan fingerprint density at radius 3 is 2.30 bits per heavy atom. The van der Waals surface area contributed by atoms with Gasteiger partial charge in [0.15, 0.2) is 15.7 Å². The number of carbonyl (C=O) groups excluding carboxylic acids is 1.